The molecule has 6 nitrogen and oxygen atoms in total. The highest BCUT2D eigenvalue weighted by atomic mass is 19.1. The Kier molecular flexibility index (Phi) is 5.54. The zero-order valence-corrected chi connectivity index (χ0v) is 13.7. The average molecular weight is 336 g/mol. The summed E-state index contributed by atoms with van der Waals surface area (Å²) < 4.78 is 12.9. The molecular formula is C17H21FN2O4. The van der Waals surface area contributed by atoms with Gasteiger partial charge in [-0.15, -0.1) is 0 Å². The van der Waals surface area contributed by atoms with Crippen LogP contribution >= 0.6 is 0 Å². The molecule has 0 aliphatic carbocycles. The van der Waals surface area contributed by atoms with E-state index in [9.17, 15) is 18.8 Å². The second-order valence-electron chi connectivity index (χ2n) is 6.31. The lowest BCUT2D eigenvalue weighted by atomic mass is 10.0. The van der Waals surface area contributed by atoms with Crippen LogP contribution in [0.2, 0.25) is 0 Å². The first-order valence-corrected chi connectivity index (χ1v) is 7.87. The normalized spacial score (nSPS) is 18.5. The molecule has 0 aromatic heterocycles. The molecule has 1 aromatic rings. The molecule has 1 aliphatic heterocycles. The first-order valence-electron chi connectivity index (χ1n) is 7.87. The van der Waals surface area contributed by atoms with Crippen LogP contribution in [0.3, 0.4) is 0 Å². The number of likely N-dealkylation sites (tertiary alicyclic amines) is 1. The Morgan fingerprint density at radius 3 is 2.38 bits per heavy atom. The van der Waals surface area contributed by atoms with Gasteiger partial charge in [-0.3, -0.25) is 14.4 Å². The minimum absolute atomic E-state index is 0.157. The number of hydrogen-bond donors (Lipinski definition) is 2. The number of rotatable bonds is 5. The number of hydrogen-bond acceptors (Lipinski definition) is 3. The summed E-state index contributed by atoms with van der Waals surface area (Å²) in [7, 11) is 0. The fourth-order valence-corrected chi connectivity index (χ4v) is 2.70. The fraction of sp³-hybridized carbons (Fsp3) is 0.471. The van der Waals surface area contributed by atoms with Crippen LogP contribution in [-0.4, -0.2) is 46.9 Å². The first-order chi connectivity index (χ1) is 11.3. The van der Waals surface area contributed by atoms with Crippen molar-refractivity contribution in [1.82, 2.24) is 10.2 Å². The smallest absolute Gasteiger partial charge is 0.308 e. The van der Waals surface area contributed by atoms with Crippen LogP contribution in [0.5, 0.6) is 0 Å². The van der Waals surface area contributed by atoms with Crippen molar-refractivity contribution in [3.8, 4) is 0 Å². The van der Waals surface area contributed by atoms with Gasteiger partial charge in [-0.2, -0.15) is 0 Å². The predicted molar refractivity (Wildman–Crippen MR) is 84.8 cm³/mol. The molecule has 1 aromatic carbocycles. The molecule has 2 amide bonds. The maximum absolute atomic E-state index is 12.9. The van der Waals surface area contributed by atoms with Crippen molar-refractivity contribution >= 4 is 17.8 Å². The van der Waals surface area contributed by atoms with E-state index in [1.807, 2.05) is 0 Å². The van der Waals surface area contributed by atoms with Gasteiger partial charge in [0.05, 0.1) is 5.92 Å². The third kappa shape index (κ3) is 4.10. The van der Waals surface area contributed by atoms with Gasteiger partial charge in [-0.25, -0.2) is 4.39 Å². The molecule has 0 saturated carbocycles. The van der Waals surface area contributed by atoms with Crippen LogP contribution < -0.4 is 5.32 Å². The molecule has 1 fully saturated rings. The van der Waals surface area contributed by atoms with Crippen LogP contribution in [0.15, 0.2) is 24.3 Å². The van der Waals surface area contributed by atoms with Crippen LogP contribution in [0, 0.1) is 17.7 Å². The molecule has 24 heavy (non-hydrogen) atoms. The van der Waals surface area contributed by atoms with Gasteiger partial charge in [0.2, 0.25) is 5.91 Å². The summed E-state index contributed by atoms with van der Waals surface area (Å²) in [5.41, 5.74) is 0.264. The Morgan fingerprint density at radius 2 is 1.88 bits per heavy atom. The highest BCUT2D eigenvalue weighted by Gasteiger charge is 2.35. The summed E-state index contributed by atoms with van der Waals surface area (Å²) in [6.07, 6.45) is 0.414. The number of aliphatic carboxylic acids is 1. The number of nitrogens with one attached hydrogen (secondary N) is 1. The Hall–Kier alpha value is -2.44. The van der Waals surface area contributed by atoms with E-state index in [0.717, 1.165) is 0 Å². The van der Waals surface area contributed by atoms with Crippen molar-refractivity contribution in [2.45, 2.75) is 26.3 Å². The number of amides is 2. The number of benzene rings is 1. The van der Waals surface area contributed by atoms with Crippen LogP contribution in [0.4, 0.5) is 4.39 Å². The molecule has 2 rings (SSSR count). The zero-order chi connectivity index (χ0) is 17.9. The highest BCUT2D eigenvalue weighted by Crippen LogP contribution is 2.19. The van der Waals surface area contributed by atoms with Gasteiger partial charge in [0.25, 0.3) is 5.91 Å². The second kappa shape index (κ2) is 7.42. The monoisotopic (exact) mass is 336 g/mol. The molecule has 7 heteroatoms. The van der Waals surface area contributed by atoms with E-state index in [-0.39, 0.29) is 23.9 Å². The number of halogens is 1. The lowest BCUT2D eigenvalue weighted by molar-refractivity contribution is -0.141. The Bertz CT molecular complexity index is 630. The summed E-state index contributed by atoms with van der Waals surface area (Å²) in [6.45, 7) is 4.13. The molecule has 1 aliphatic rings. The van der Waals surface area contributed by atoms with Gasteiger partial charge in [0.15, 0.2) is 0 Å². The molecule has 1 saturated heterocycles. The van der Waals surface area contributed by atoms with Crippen molar-refractivity contribution in [2.75, 3.05) is 13.1 Å². The molecule has 130 valence electrons. The van der Waals surface area contributed by atoms with Gasteiger partial charge in [-0.05, 0) is 36.6 Å². The van der Waals surface area contributed by atoms with Gasteiger partial charge < -0.3 is 15.3 Å². The SMILES string of the molecule is CC(C)C(NC(=O)c1ccc(F)cc1)C(=O)N1CCC(C(=O)O)C1. The van der Waals surface area contributed by atoms with E-state index in [2.05, 4.69) is 5.32 Å². The van der Waals surface area contributed by atoms with Crippen LogP contribution in [0.1, 0.15) is 30.6 Å². The first kappa shape index (κ1) is 17.9. The quantitative estimate of drug-likeness (QED) is 0.853. The van der Waals surface area contributed by atoms with Crippen molar-refractivity contribution in [2.24, 2.45) is 11.8 Å². The molecular weight excluding hydrogens is 315 g/mol. The molecule has 0 spiro atoms. The second-order valence-corrected chi connectivity index (χ2v) is 6.31. The van der Waals surface area contributed by atoms with E-state index in [4.69, 9.17) is 5.11 Å². The summed E-state index contributed by atoms with van der Waals surface area (Å²) in [6, 6.07) is 4.30. The number of carbonyl (C=O) groups excluding carboxylic acids is 2. The zero-order valence-electron chi connectivity index (χ0n) is 13.7. The summed E-state index contributed by atoms with van der Waals surface area (Å²) in [5, 5.41) is 11.7. The predicted octanol–water partition coefficient (Wildman–Crippen LogP) is 1.51. The molecule has 2 N–H and O–H groups in total. The van der Waals surface area contributed by atoms with E-state index in [1.165, 1.54) is 29.2 Å². The van der Waals surface area contributed by atoms with Gasteiger partial charge in [0, 0.05) is 18.7 Å². The van der Waals surface area contributed by atoms with Gasteiger partial charge >= 0.3 is 5.97 Å². The maximum atomic E-state index is 12.9. The topological polar surface area (TPSA) is 86.7 Å². The van der Waals surface area contributed by atoms with Crippen molar-refractivity contribution in [3.63, 3.8) is 0 Å². The van der Waals surface area contributed by atoms with Crippen LogP contribution in [-0.2, 0) is 9.59 Å². The molecule has 1 heterocycles. The maximum Gasteiger partial charge on any atom is 0.308 e. The third-order valence-corrected chi connectivity index (χ3v) is 4.17. The Morgan fingerprint density at radius 1 is 1.25 bits per heavy atom. The Labute approximate surface area is 139 Å². The highest BCUT2D eigenvalue weighted by molar-refractivity contribution is 5.97. The van der Waals surface area contributed by atoms with E-state index >= 15 is 0 Å². The van der Waals surface area contributed by atoms with Gasteiger partial charge in [-0.1, -0.05) is 13.8 Å². The molecule has 0 radical (unpaired) electrons. The number of carbonyl (C=O) groups is 3. The largest absolute Gasteiger partial charge is 0.481 e. The van der Waals surface area contributed by atoms with E-state index in [0.29, 0.717) is 13.0 Å². The standard InChI is InChI=1S/C17H21FN2O4/c1-10(2)14(16(22)20-8-7-12(9-20)17(23)24)19-15(21)11-3-5-13(18)6-4-11/h3-6,10,12,14H,7-9H2,1-2H3,(H,19,21)(H,23,24). The molecule has 2 unspecified atom stereocenters. The molecule has 2 atom stereocenters. The average Bonchev–Trinajstić information content (AvgIpc) is 3.02. The minimum Gasteiger partial charge on any atom is -0.481 e. The minimum atomic E-state index is -0.915. The number of carboxylic acids is 1. The summed E-state index contributed by atoms with van der Waals surface area (Å²) in [5.74, 6) is -2.83. The van der Waals surface area contributed by atoms with E-state index < -0.39 is 29.7 Å². The lowest BCUT2D eigenvalue weighted by Gasteiger charge is -2.26. The van der Waals surface area contributed by atoms with Crippen molar-refractivity contribution in [3.05, 3.63) is 35.6 Å². The van der Waals surface area contributed by atoms with Crippen LogP contribution in [0.25, 0.3) is 0 Å². The lowest BCUT2D eigenvalue weighted by Crippen LogP contribution is -2.50. The number of nitrogens with zero attached hydrogens (tertiary/aromatic N) is 1. The summed E-state index contributed by atoms with van der Waals surface area (Å²) >= 11 is 0. The number of carboxylic acid groups (broad SMARTS) is 1. The van der Waals surface area contributed by atoms with Gasteiger partial charge in [0.1, 0.15) is 11.9 Å². The third-order valence-electron chi connectivity index (χ3n) is 4.17. The van der Waals surface area contributed by atoms with Crippen molar-refractivity contribution < 1.29 is 23.9 Å². The van der Waals surface area contributed by atoms with Crippen molar-refractivity contribution in [1.29, 1.82) is 0 Å². The fourth-order valence-electron chi connectivity index (χ4n) is 2.70. The Balaban J connectivity index is 2.06. The summed E-state index contributed by atoms with van der Waals surface area (Å²) in [4.78, 5) is 37.4. The molecule has 0 bridgehead atoms. The van der Waals surface area contributed by atoms with E-state index in [1.54, 1.807) is 13.8 Å².